The molecule has 0 saturated heterocycles. The van der Waals surface area contributed by atoms with Crippen LogP contribution in [0.5, 0.6) is 0 Å². The zero-order chi connectivity index (χ0) is 21.7. The number of esters is 1. The standard InChI is InChI=1S/C20H15Cl3FNO4/c1-29-17(26)5-3-10-2-4-16(24)18(19(10)23)13-6-11(7-15(22)20(27)28)12(9-25)8-14(13)21/h2,4,6,8,15H,3,5,7H2,1H3,(H,27,28). The second kappa shape index (κ2) is 9.93. The van der Waals surface area contributed by atoms with Crippen molar-refractivity contribution in [2.75, 3.05) is 7.11 Å². The molecule has 0 amide bonds. The molecule has 0 aliphatic heterocycles. The number of aliphatic carboxylic acids is 1. The third-order valence-corrected chi connectivity index (χ3v) is 5.33. The summed E-state index contributed by atoms with van der Waals surface area (Å²) >= 11 is 18.5. The third kappa shape index (κ3) is 5.39. The molecule has 2 aromatic rings. The highest BCUT2D eigenvalue weighted by Gasteiger charge is 2.22. The molecule has 2 rings (SSSR count). The molecule has 0 aliphatic carbocycles. The quantitative estimate of drug-likeness (QED) is 0.465. The summed E-state index contributed by atoms with van der Waals surface area (Å²) in [7, 11) is 1.26. The van der Waals surface area contributed by atoms with Crippen molar-refractivity contribution in [3.05, 3.63) is 56.8 Å². The van der Waals surface area contributed by atoms with E-state index in [1.165, 1.54) is 31.4 Å². The number of ether oxygens (including phenoxy) is 1. The fourth-order valence-electron chi connectivity index (χ4n) is 2.74. The number of carboxylic acid groups (broad SMARTS) is 1. The van der Waals surface area contributed by atoms with Gasteiger partial charge in [-0.25, -0.2) is 4.39 Å². The SMILES string of the molecule is COC(=O)CCc1ccc(F)c(-c2cc(CC(Cl)C(=O)O)c(C#N)cc2Cl)c1Cl. The van der Waals surface area contributed by atoms with E-state index >= 15 is 0 Å². The molecule has 0 spiro atoms. The monoisotopic (exact) mass is 457 g/mol. The van der Waals surface area contributed by atoms with Crippen molar-refractivity contribution in [2.24, 2.45) is 0 Å². The second-order valence-corrected chi connectivity index (χ2v) is 7.39. The van der Waals surface area contributed by atoms with E-state index in [-0.39, 0.29) is 46.0 Å². The lowest BCUT2D eigenvalue weighted by atomic mass is 9.94. The Labute approximate surface area is 181 Å². The molecular formula is C20H15Cl3FNO4. The number of hydrogen-bond acceptors (Lipinski definition) is 4. The Balaban J connectivity index is 2.57. The molecular weight excluding hydrogens is 444 g/mol. The van der Waals surface area contributed by atoms with Crippen LogP contribution in [0.3, 0.4) is 0 Å². The topological polar surface area (TPSA) is 87.4 Å². The number of methoxy groups -OCH3 is 1. The predicted molar refractivity (Wildman–Crippen MR) is 108 cm³/mol. The van der Waals surface area contributed by atoms with Gasteiger partial charge in [0, 0.05) is 29.0 Å². The predicted octanol–water partition coefficient (Wildman–Crippen LogP) is 5.01. The van der Waals surface area contributed by atoms with E-state index in [0.717, 1.165) is 0 Å². The Morgan fingerprint density at radius 1 is 1.28 bits per heavy atom. The molecule has 0 saturated carbocycles. The average molecular weight is 459 g/mol. The first kappa shape index (κ1) is 23.0. The van der Waals surface area contributed by atoms with E-state index in [9.17, 15) is 19.2 Å². The zero-order valence-corrected chi connectivity index (χ0v) is 17.4. The molecule has 1 unspecified atom stereocenters. The molecule has 0 fully saturated rings. The van der Waals surface area contributed by atoms with Crippen LogP contribution in [0, 0.1) is 17.1 Å². The molecule has 9 heteroatoms. The fraction of sp³-hybridized carbons (Fsp3) is 0.250. The van der Waals surface area contributed by atoms with Gasteiger partial charge >= 0.3 is 11.9 Å². The first-order valence-corrected chi connectivity index (χ1v) is 9.52. The van der Waals surface area contributed by atoms with Gasteiger partial charge < -0.3 is 9.84 Å². The van der Waals surface area contributed by atoms with Gasteiger partial charge in [-0.05, 0) is 35.7 Å². The number of benzene rings is 2. The van der Waals surface area contributed by atoms with Crippen LogP contribution in [0.4, 0.5) is 4.39 Å². The van der Waals surface area contributed by atoms with Crippen LogP contribution in [0.2, 0.25) is 10.0 Å². The third-order valence-electron chi connectivity index (χ3n) is 4.25. The summed E-state index contributed by atoms with van der Waals surface area (Å²) in [6.45, 7) is 0. The van der Waals surface area contributed by atoms with Crippen molar-refractivity contribution >= 4 is 46.7 Å². The van der Waals surface area contributed by atoms with Crippen molar-refractivity contribution in [1.82, 2.24) is 0 Å². The van der Waals surface area contributed by atoms with Gasteiger partial charge in [-0.3, -0.25) is 9.59 Å². The second-order valence-electron chi connectivity index (χ2n) is 6.08. The van der Waals surface area contributed by atoms with Gasteiger partial charge in [-0.1, -0.05) is 29.3 Å². The Kier molecular flexibility index (Phi) is 7.86. The average Bonchev–Trinajstić information content (AvgIpc) is 2.68. The molecule has 152 valence electrons. The van der Waals surface area contributed by atoms with Crippen molar-refractivity contribution in [2.45, 2.75) is 24.6 Å². The first-order valence-electron chi connectivity index (χ1n) is 8.33. The number of alkyl halides is 1. The summed E-state index contributed by atoms with van der Waals surface area (Å²) in [6.07, 6.45) is 0.119. The minimum Gasteiger partial charge on any atom is -0.480 e. The minimum atomic E-state index is -1.28. The van der Waals surface area contributed by atoms with Crippen LogP contribution in [-0.2, 0) is 27.2 Å². The molecule has 5 nitrogen and oxygen atoms in total. The lowest BCUT2D eigenvalue weighted by Gasteiger charge is -2.15. The number of rotatable bonds is 7. The van der Waals surface area contributed by atoms with E-state index in [0.29, 0.717) is 11.1 Å². The number of halogens is 4. The van der Waals surface area contributed by atoms with Gasteiger partial charge in [0.2, 0.25) is 0 Å². The Hall–Kier alpha value is -2.33. The maximum Gasteiger partial charge on any atom is 0.321 e. The van der Waals surface area contributed by atoms with Crippen LogP contribution < -0.4 is 0 Å². The van der Waals surface area contributed by atoms with Gasteiger partial charge in [0.15, 0.2) is 0 Å². The van der Waals surface area contributed by atoms with Crippen LogP contribution in [0.1, 0.15) is 23.1 Å². The number of nitrogens with zero attached hydrogens (tertiary/aromatic N) is 1. The minimum absolute atomic E-state index is 0.00813. The van der Waals surface area contributed by atoms with Crippen LogP contribution in [-0.4, -0.2) is 29.5 Å². The molecule has 0 aliphatic rings. The maximum atomic E-state index is 14.6. The lowest BCUT2D eigenvalue weighted by molar-refractivity contribution is -0.140. The van der Waals surface area contributed by atoms with Crippen molar-refractivity contribution < 1.29 is 23.8 Å². The van der Waals surface area contributed by atoms with Gasteiger partial charge in [-0.2, -0.15) is 5.26 Å². The molecule has 1 atom stereocenters. The van der Waals surface area contributed by atoms with Crippen LogP contribution >= 0.6 is 34.8 Å². The van der Waals surface area contributed by atoms with E-state index in [1.807, 2.05) is 6.07 Å². The summed E-state index contributed by atoms with van der Waals surface area (Å²) in [5.41, 5.74) is 1.12. The van der Waals surface area contributed by atoms with E-state index in [2.05, 4.69) is 4.74 Å². The highest BCUT2D eigenvalue weighted by molar-refractivity contribution is 6.37. The number of carbonyl (C=O) groups is 2. The van der Waals surface area contributed by atoms with Crippen molar-refractivity contribution in [1.29, 1.82) is 5.26 Å². The number of nitriles is 1. The summed E-state index contributed by atoms with van der Waals surface area (Å²) in [5.74, 6) is -2.34. The van der Waals surface area contributed by atoms with Gasteiger partial charge in [0.05, 0.1) is 23.8 Å². The number of hydrogen-bond donors (Lipinski definition) is 1. The zero-order valence-electron chi connectivity index (χ0n) is 15.1. The molecule has 0 radical (unpaired) electrons. The highest BCUT2D eigenvalue weighted by Crippen LogP contribution is 2.39. The summed E-state index contributed by atoms with van der Waals surface area (Å²) in [6, 6.07) is 7.31. The Morgan fingerprint density at radius 2 is 1.97 bits per heavy atom. The Morgan fingerprint density at radius 3 is 2.55 bits per heavy atom. The summed E-state index contributed by atoms with van der Waals surface area (Å²) < 4.78 is 19.2. The molecule has 0 aromatic heterocycles. The largest absolute Gasteiger partial charge is 0.480 e. The van der Waals surface area contributed by atoms with E-state index in [1.54, 1.807) is 0 Å². The summed E-state index contributed by atoms with van der Waals surface area (Å²) in [5, 5.41) is 17.2. The van der Waals surface area contributed by atoms with E-state index < -0.39 is 23.1 Å². The molecule has 1 N–H and O–H groups in total. The highest BCUT2D eigenvalue weighted by atomic mass is 35.5. The first-order chi connectivity index (χ1) is 13.7. The molecule has 29 heavy (non-hydrogen) atoms. The lowest BCUT2D eigenvalue weighted by Crippen LogP contribution is -2.16. The number of aryl methyl sites for hydroxylation is 1. The molecule has 0 heterocycles. The maximum absolute atomic E-state index is 14.6. The van der Waals surface area contributed by atoms with Gasteiger partial charge in [0.1, 0.15) is 11.2 Å². The number of carboxylic acids is 1. The summed E-state index contributed by atoms with van der Waals surface area (Å²) in [4.78, 5) is 22.5. The molecule has 2 aromatic carbocycles. The van der Waals surface area contributed by atoms with Gasteiger partial charge in [0.25, 0.3) is 0 Å². The van der Waals surface area contributed by atoms with E-state index in [4.69, 9.17) is 39.9 Å². The normalized spacial score (nSPS) is 11.6. The molecule has 0 bridgehead atoms. The fourth-order valence-corrected chi connectivity index (χ4v) is 3.51. The van der Waals surface area contributed by atoms with Gasteiger partial charge in [-0.15, -0.1) is 11.6 Å². The van der Waals surface area contributed by atoms with Crippen molar-refractivity contribution in [3.63, 3.8) is 0 Å². The Bertz CT molecular complexity index is 1000. The van der Waals surface area contributed by atoms with Crippen LogP contribution in [0.25, 0.3) is 11.1 Å². The van der Waals surface area contributed by atoms with Crippen molar-refractivity contribution in [3.8, 4) is 17.2 Å². The number of carbonyl (C=O) groups excluding carboxylic acids is 1. The van der Waals surface area contributed by atoms with Crippen LogP contribution in [0.15, 0.2) is 24.3 Å². The smallest absolute Gasteiger partial charge is 0.321 e.